The normalized spacial score (nSPS) is 16.0. The molecule has 1 N–H and O–H groups in total. The molecule has 5 nitrogen and oxygen atoms in total. The molecular formula is C20H18N2O3S. The van der Waals surface area contributed by atoms with E-state index in [9.17, 15) is 9.59 Å². The number of anilines is 1. The molecule has 0 unspecified atom stereocenters. The number of carbonyl (C=O) groups is 2. The van der Waals surface area contributed by atoms with Crippen LogP contribution in [0.25, 0.3) is 6.08 Å². The van der Waals surface area contributed by atoms with Crippen molar-refractivity contribution in [3.8, 4) is 5.75 Å². The van der Waals surface area contributed by atoms with Gasteiger partial charge in [0.15, 0.2) is 5.11 Å². The van der Waals surface area contributed by atoms with E-state index in [-0.39, 0.29) is 10.7 Å². The largest absolute Gasteiger partial charge is 0.494 e. The van der Waals surface area contributed by atoms with E-state index in [0.717, 1.165) is 11.1 Å². The number of thiocarbonyl (C=S) groups is 1. The van der Waals surface area contributed by atoms with Crippen molar-refractivity contribution in [3.05, 3.63) is 65.2 Å². The molecule has 1 saturated heterocycles. The van der Waals surface area contributed by atoms with Gasteiger partial charge in [0.25, 0.3) is 11.8 Å². The first kappa shape index (κ1) is 17.8. The number of ether oxygens (including phenoxy) is 1. The molecule has 0 spiro atoms. The molecule has 0 saturated carbocycles. The van der Waals surface area contributed by atoms with Crippen molar-refractivity contribution >= 4 is 40.9 Å². The Hall–Kier alpha value is -2.99. The van der Waals surface area contributed by atoms with Crippen LogP contribution in [-0.2, 0) is 9.59 Å². The van der Waals surface area contributed by atoms with E-state index in [0.29, 0.717) is 18.0 Å². The van der Waals surface area contributed by atoms with Crippen LogP contribution in [0, 0.1) is 6.92 Å². The van der Waals surface area contributed by atoms with Gasteiger partial charge in [-0.2, -0.15) is 0 Å². The zero-order chi connectivity index (χ0) is 18.7. The highest BCUT2D eigenvalue weighted by molar-refractivity contribution is 7.80. The van der Waals surface area contributed by atoms with Gasteiger partial charge in [-0.1, -0.05) is 29.8 Å². The summed E-state index contributed by atoms with van der Waals surface area (Å²) < 4.78 is 5.41. The molecule has 2 aromatic carbocycles. The van der Waals surface area contributed by atoms with Crippen molar-refractivity contribution in [3.63, 3.8) is 0 Å². The van der Waals surface area contributed by atoms with Gasteiger partial charge >= 0.3 is 0 Å². The summed E-state index contributed by atoms with van der Waals surface area (Å²) in [6, 6.07) is 14.5. The Morgan fingerprint density at radius 2 is 1.73 bits per heavy atom. The Bertz CT molecular complexity index is 886. The first-order valence-electron chi connectivity index (χ1n) is 8.20. The lowest BCUT2D eigenvalue weighted by atomic mass is 10.1. The maximum atomic E-state index is 12.9. The van der Waals surface area contributed by atoms with E-state index in [1.807, 2.05) is 38.1 Å². The van der Waals surface area contributed by atoms with E-state index < -0.39 is 11.8 Å². The fourth-order valence-electron chi connectivity index (χ4n) is 2.58. The molecular weight excluding hydrogens is 348 g/mol. The van der Waals surface area contributed by atoms with Gasteiger partial charge in [-0.3, -0.25) is 19.8 Å². The summed E-state index contributed by atoms with van der Waals surface area (Å²) >= 11 is 5.20. The quantitative estimate of drug-likeness (QED) is 0.513. The number of nitrogens with zero attached hydrogens (tertiary/aromatic N) is 1. The van der Waals surface area contributed by atoms with Crippen LogP contribution in [0.5, 0.6) is 5.75 Å². The predicted octanol–water partition coefficient (Wildman–Crippen LogP) is 3.23. The van der Waals surface area contributed by atoms with E-state index in [2.05, 4.69) is 5.32 Å². The SMILES string of the molecule is CCOc1ccc(N2C(=O)/C(=C/c3ccc(C)cc3)C(=O)NC2=S)cc1. The molecule has 0 atom stereocenters. The minimum Gasteiger partial charge on any atom is -0.494 e. The molecule has 26 heavy (non-hydrogen) atoms. The van der Waals surface area contributed by atoms with Crippen molar-refractivity contribution in [2.75, 3.05) is 11.5 Å². The minimum absolute atomic E-state index is 0.0383. The van der Waals surface area contributed by atoms with Gasteiger partial charge in [-0.05, 0) is 62.0 Å². The molecule has 0 aromatic heterocycles. The summed E-state index contributed by atoms with van der Waals surface area (Å²) in [6.45, 7) is 4.43. The van der Waals surface area contributed by atoms with Gasteiger partial charge < -0.3 is 4.74 Å². The van der Waals surface area contributed by atoms with Crippen molar-refractivity contribution in [2.45, 2.75) is 13.8 Å². The lowest BCUT2D eigenvalue weighted by Gasteiger charge is -2.29. The molecule has 0 aliphatic carbocycles. The number of aryl methyl sites for hydroxylation is 1. The van der Waals surface area contributed by atoms with Gasteiger partial charge in [0.2, 0.25) is 0 Å². The van der Waals surface area contributed by atoms with Crippen LogP contribution in [0.4, 0.5) is 5.69 Å². The third-order valence-electron chi connectivity index (χ3n) is 3.90. The minimum atomic E-state index is -0.497. The second kappa shape index (κ2) is 7.49. The van der Waals surface area contributed by atoms with Crippen LogP contribution in [0.1, 0.15) is 18.1 Å². The number of amides is 2. The highest BCUT2D eigenvalue weighted by Gasteiger charge is 2.34. The maximum Gasteiger partial charge on any atom is 0.270 e. The molecule has 3 rings (SSSR count). The van der Waals surface area contributed by atoms with E-state index in [1.54, 1.807) is 30.3 Å². The zero-order valence-corrected chi connectivity index (χ0v) is 15.3. The monoisotopic (exact) mass is 366 g/mol. The number of benzene rings is 2. The van der Waals surface area contributed by atoms with E-state index in [1.165, 1.54) is 4.90 Å². The Balaban J connectivity index is 1.93. The second-order valence-corrected chi connectivity index (χ2v) is 6.18. The fraction of sp³-hybridized carbons (Fsp3) is 0.150. The number of nitrogens with one attached hydrogen (secondary N) is 1. The average Bonchev–Trinajstić information content (AvgIpc) is 2.62. The molecule has 0 radical (unpaired) electrons. The van der Waals surface area contributed by atoms with Gasteiger partial charge in [-0.15, -0.1) is 0 Å². The Kier molecular flexibility index (Phi) is 5.14. The summed E-state index contributed by atoms with van der Waals surface area (Å²) in [4.78, 5) is 26.5. The Morgan fingerprint density at radius 3 is 2.35 bits per heavy atom. The number of rotatable bonds is 4. The van der Waals surface area contributed by atoms with Crippen molar-refractivity contribution in [2.24, 2.45) is 0 Å². The van der Waals surface area contributed by atoms with Crippen molar-refractivity contribution in [1.82, 2.24) is 5.32 Å². The lowest BCUT2D eigenvalue weighted by Crippen LogP contribution is -2.54. The lowest BCUT2D eigenvalue weighted by molar-refractivity contribution is -0.122. The number of hydrogen-bond donors (Lipinski definition) is 1. The first-order chi connectivity index (χ1) is 12.5. The van der Waals surface area contributed by atoms with Crippen molar-refractivity contribution in [1.29, 1.82) is 0 Å². The molecule has 1 fully saturated rings. The smallest absolute Gasteiger partial charge is 0.270 e. The molecule has 2 aromatic rings. The summed E-state index contributed by atoms with van der Waals surface area (Å²) in [5.74, 6) is -0.252. The fourth-order valence-corrected chi connectivity index (χ4v) is 2.86. The predicted molar refractivity (Wildman–Crippen MR) is 105 cm³/mol. The molecule has 2 amide bonds. The number of hydrogen-bond acceptors (Lipinski definition) is 4. The van der Waals surface area contributed by atoms with Crippen LogP contribution >= 0.6 is 12.2 Å². The van der Waals surface area contributed by atoms with E-state index in [4.69, 9.17) is 17.0 Å². The molecule has 1 aliphatic heterocycles. The summed E-state index contributed by atoms with van der Waals surface area (Å²) in [5.41, 5.74) is 2.48. The topological polar surface area (TPSA) is 58.6 Å². The van der Waals surface area contributed by atoms with Crippen LogP contribution in [0.2, 0.25) is 0 Å². The van der Waals surface area contributed by atoms with Crippen LogP contribution in [-0.4, -0.2) is 23.5 Å². The van der Waals surface area contributed by atoms with Gasteiger partial charge in [0, 0.05) is 0 Å². The third kappa shape index (κ3) is 3.65. The second-order valence-electron chi connectivity index (χ2n) is 5.80. The molecule has 0 bridgehead atoms. The summed E-state index contributed by atoms with van der Waals surface area (Å²) in [7, 11) is 0. The molecule has 6 heteroatoms. The maximum absolute atomic E-state index is 12.9. The third-order valence-corrected chi connectivity index (χ3v) is 4.18. The number of carbonyl (C=O) groups excluding carboxylic acids is 2. The highest BCUT2D eigenvalue weighted by atomic mass is 32.1. The molecule has 1 heterocycles. The Morgan fingerprint density at radius 1 is 1.08 bits per heavy atom. The zero-order valence-electron chi connectivity index (χ0n) is 14.5. The van der Waals surface area contributed by atoms with E-state index >= 15 is 0 Å². The highest BCUT2D eigenvalue weighted by Crippen LogP contribution is 2.24. The molecule has 1 aliphatic rings. The van der Waals surface area contributed by atoms with Crippen LogP contribution in [0.3, 0.4) is 0 Å². The standard InChI is InChI=1S/C20H18N2O3S/c1-3-25-16-10-8-15(9-11-16)22-19(24)17(18(23)21-20(22)26)12-14-6-4-13(2)5-7-14/h4-12H,3H2,1-2H3,(H,21,23,26)/b17-12+. The summed E-state index contributed by atoms with van der Waals surface area (Å²) in [6.07, 6.45) is 1.57. The van der Waals surface area contributed by atoms with Gasteiger partial charge in [0.1, 0.15) is 11.3 Å². The molecule has 132 valence electrons. The van der Waals surface area contributed by atoms with Gasteiger partial charge in [0.05, 0.1) is 12.3 Å². The van der Waals surface area contributed by atoms with Crippen molar-refractivity contribution < 1.29 is 14.3 Å². The Labute approximate surface area is 157 Å². The van der Waals surface area contributed by atoms with Crippen LogP contribution in [0.15, 0.2) is 54.1 Å². The summed E-state index contributed by atoms with van der Waals surface area (Å²) in [5, 5.41) is 2.64. The average molecular weight is 366 g/mol. The van der Waals surface area contributed by atoms with Gasteiger partial charge in [-0.25, -0.2) is 0 Å². The first-order valence-corrected chi connectivity index (χ1v) is 8.61. The van der Waals surface area contributed by atoms with Crippen LogP contribution < -0.4 is 15.0 Å².